The van der Waals surface area contributed by atoms with Crippen molar-refractivity contribution in [2.24, 2.45) is 0 Å². The van der Waals surface area contributed by atoms with Gasteiger partial charge in [0.15, 0.2) is 0 Å². The van der Waals surface area contributed by atoms with E-state index in [9.17, 15) is 4.79 Å². The maximum atomic E-state index is 11.8. The molecule has 0 bridgehead atoms. The van der Waals surface area contributed by atoms with Crippen LogP contribution in [0.3, 0.4) is 0 Å². The van der Waals surface area contributed by atoms with Gasteiger partial charge in [-0.05, 0) is 19.9 Å². The molecule has 0 aromatic heterocycles. The molecule has 0 aliphatic heterocycles. The minimum absolute atomic E-state index is 0.0894. The van der Waals surface area contributed by atoms with Gasteiger partial charge in [0, 0.05) is 12.6 Å². The van der Waals surface area contributed by atoms with Crippen molar-refractivity contribution in [1.29, 1.82) is 0 Å². The zero-order valence-electron chi connectivity index (χ0n) is 11.0. The molecule has 0 heterocycles. The third-order valence-corrected chi connectivity index (χ3v) is 3.37. The SMILES string of the molecule is CN(CCO)CC(=O)NC1CCCCCCC1. The Morgan fingerprint density at radius 3 is 2.41 bits per heavy atom. The third kappa shape index (κ3) is 6.64. The molecule has 0 unspecified atom stereocenters. The molecule has 0 spiro atoms. The van der Waals surface area contributed by atoms with Crippen LogP contribution in [0.4, 0.5) is 0 Å². The highest BCUT2D eigenvalue weighted by Gasteiger charge is 2.14. The molecule has 1 aliphatic rings. The van der Waals surface area contributed by atoms with Gasteiger partial charge in [0.1, 0.15) is 0 Å². The van der Waals surface area contributed by atoms with E-state index in [2.05, 4.69) is 5.32 Å². The minimum atomic E-state index is 0.0894. The largest absolute Gasteiger partial charge is 0.395 e. The van der Waals surface area contributed by atoms with Crippen LogP contribution in [0.2, 0.25) is 0 Å². The van der Waals surface area contributed by atoms with Crippen LogP contribution in [0.1, 0.15) is 44.9 Å². The highest BCUT2D eigenvalue weighted by atomic mass is 16.3. The van der Waals surface area contributed by atoms with Crippen LogP contribution >= 0.6 is 0 Å². The number of carbonyl (C=O) groups excluding carboxylic acids is 1. The lowest BCUT2D eigenvalue weighted by Gasteiger charge is -2.22. The molecular weight excluding hydrogens is 216 g/mol. The number of aliphatic hydroxyl groups is 1. The molecule has 2 N–H and O–H groups in total. The third-order valence-electron chi connectivity index (χ3n) is 3.37. The van der Waals surface area contributed by atoms with Gasteiger partial charge in [0.2, 0.25) is 5.91 Å². The van der Waals surface area contributed by atoms with Crippen molar-refractivity contribution in [2.75, 3.05) is 26.7 Å². The van der Waals surface area contributed by atoms with Crippen molar-refractivity contribution >= 4 is 5.91 Å². The summed E-state index contributed by atoms with van der Waals surface area (Å²) in [5.41, 5.74) is 0. The van der Waals surface area contributed by atoms with Gasteiger partial charge in [-0.2, -0.15) is 0 Å². The fourth-order valence-corrected chi connectivity index (χ4v) is 2.37. The lowest BCUT2D eigenvalue weighted by atomic mass is 9.97. The molecular formula is C13H26N2O2. The summed E-state index contributed by atoms with van der Waals surface area (Å²) in [7, 11) is 1.86. The first-order valence-electron chi connectivity index (χ1n) is 6.81. The lowest BCUT2D eigenvalue weighted by Crippen LogP contribution is -2.41. The van der Waals surface area contributed by atoms with Gasteiger partial charge in [0.05, 0.1) is 13.2 Å². The van der Waals surface area contributed by atoms with Crippen LogP contribution in [-0.4, -0.2) is 48.7 Å². The Hall–Kier alpha value is -0.610. The Bertz CT molecular complexity index is 213. The number of hydrogen-bond donors (Lipinski definition) is 2. The Kier molecular flexibility index (Phi) is 7.21. The molecule has 0 atom stereocenters. The van der Waals surface area contributed by atoms with Crippen molar-refractivity contribution in [1.82, 2.24) is 10.2 Å². The zero-order chi connectivity index (χ0) is 12.5. The van der Waals surface area contributed by atoms with Crippen LogP contribution in [0.25, 0.3) is 0 Å². The van der Waals surface area contributed by atoms with Gasteiger partial charge in [-0.1, -0.05) is 32.1 Å². The Morgan fingerprint density at radius 1 is 1.24 bits per heavy atom. The fourth-order valence-electron chi connectivity index (χ4n) is 2.37. The zero-order valence-corrected chi connectivity index (χ0v) is 11.0. The van der Waals surface area contributed by atoms with Crippen molar-refractivity contribution < 1.29 is 9.90 Å². The van der Waals surface area contributed by atoms with Gasteiger partial charge in [-0.25, -0.2) is 0 Å². The number of nitrogens with zero attached hydrogens (tertiary/aromatic N) is 1. The first-order chi connectivity index (χ1) is 8.22. The van der Waals surface area contributed by atoms with Gasteiger partial charge in [-0.3, -0.25) is 9.69 Å². The summed E-state index contributed by atoms with van der Waals surface area (Å²) in [6.07, 6.45) is 8.66. The second-order valence-corrected chi connectivity index (χ2v) is 5.07. The first-order valence-corrected chi connectivity index (χ1v) is 6.81. The second-order valence-electron chi connectivity index (χ2n) is 5.07. The number of amides is 1. The summed E-state index contributed by atoms with van der Waals surface area (Å²) in [5.74, 6) is 0.0894. The lowest BCUT2D eigenvalue weighted by molar-refractivity contribution is -0.122. The minimum Gasteiger partial charge on any atom is -0.395 e. The standard InChI is InChI=1S/C13H26N2O2/c1-15(9-10-16)11-13(17)14-12-7-5-3-2-4-6-8-12/h12,16H,2-11H2,1H3,(H,14,17). The van der Waals surface area contributed by atoms with Crippen LogP contribution in [-0.2, 0) is 4.79 Å². The summed E-state index contributed by atoms with van der Waals surface area (Å²) in [5, 5.41) is 11.9. The monoisotopic (exact) mass is 242 g/mol. The van der Waals surface area contributed by atoms with E-state index in [0.717, 1.165) is 12.8 Å². The van der Waals surface area contributed by atoms with E-state index in [0.29, 0.717) is 19.1 Å². The van der Waals surface area contributed by atoms with E-state index in [-0.39, 0.29) is 12.5 Å². The summed E-state index contributed by atoms with van der Waals surface area (Å²) in [4.78, 5) is 13.6. The Balaban J connectivity index is 2.23. The van der Waals surface area contributed by atoms with Crippen LogP contribution in [0, 0.1) is 0 Å². The molecule has 1 aliphatic carbocycles. The Morgan fingerprint density at radius 2 is 1.82 bits per heavy atom. The van der Waals surface area contributed by atoms with Crippen LogP contribution < -0.4 is 5.32 Å². The van der Waals surface area contributed by atoms with Crippen molar-refractivity contribution in [3.05, 3.63) is 0 Å². The predicted molar refractivity (Wildman–Crippen MR) is 68.8 cm³/mol. The van der Waals surface area contributed by atoms with E-state index in [1.54, 1.807) is 0 Å². The van der Waals surface area contributed by atoms with E-state index < -0.39 is 0 Å². The average molecular weight is 242 g/mol. The van der Waals surface area contributed by atoms with Gasteiger partial charge in [0.25, 0.3) is 0 Å². The molecule has 0 saturated heterocycles. The van der Waals surface area contributed by atoms with Gasteiger partial charge >= 0.3 is 0 Å². The topological polar surface area (TPSA) is 52.6 Å². The molecule has 0 aromatic carbocycles. The van der Waals surface area contributed by atoms with Crippen LogP contribution in [0.5, 0.6) is 0 Å². The van der Waals surface area contributed by atoms with Crippen molar-refractivity contribution in [2.45, 2.75) is 51.0 Å². The number of carbonyl (C=O) groups is 1. The van der Waals surface area contributed by atoms with Gasteiger partial charge in [-0.15, -0.1) is 0 Å². The predicted octanol–water partition coefficient (Wildman–Crippen LogP) is 1.14. The maximum absolute atomic E-state index is 11.8. The fraction of sp³-hybridized carbons (Fsp3) is 0.923. The van der Waals surface area contributed by atoms with Gasteiger partial charge < -0.3 is 10.4 Å². The van der Waals surface area contributed by atoms with E-state index in [4.69, 9.17) is 5.11 Å². The van der Waals surface area contributed by atoms with E-state index in [1.807, 2.05) is 11.9 Å². The average Bonchev–Trinajstić information content (AvgIpc) is 2.22. The van der Waals surface area contributed by atoms with Crippen LogP contribution in [0.15, 0.2) is 0 Å². The summed E-state index contributed by atoms with van der Waals surface area (Å²) < 4.78 is 0. The second kappa shape index (κ2) is 8.48. The summed E-state index contributed by atoms with van der Waals surface area (Å²) >= 11 is 0. The number of aliphatic hydroxyl groups excluding tert-OH is 1. The molecule has 17 heavy (non-hydrogen) atoms. The number of hydrogen-bond acceptors (Lipinski definition) is 3. The smallest absolute Gasteiger partial charge is 0.234 e. The molecule has 0 radical (unpaired) electrons. The summed E-state index contributed by atoms with van der Waals surface area (Å²) in [6.45, 7) is 1.04. The normalized spacial score (nSPS) is 18.8. The van der Waals surface area contributed by atoms with E-state index >= 15 is 0 Å². The van der Waals surface area contributed by atoms with Crippen molar-refractivity contribution in [3.63, 3.8) is 0 Å². The molecule has 0 aromatic rings. The number of rotatable bonds is 5. The quantitative estimate of drug-likeness (QED) is 0.760. The maximum Gasteiger partial charge on any atom is 0.234 e. The number of nitrogens with one attached hydrogen (secondary N) is 1. The Labute approximate surface area is 104 Å². The first kappa shape index (κ1) is 14.5. The molecule has 4 nitrogen and oxygen atoms in total. The summed E-state index contributed by atoms with van der Waals surface area (Å²) in [6, 6.07) is 0.366. The molecule has 1 fully saturated rings. The number of likely N-dealkylation sites (N-methyl/N-ethyl adjacent to an activating group) is 1. The molecule has 4 heteroatoms. The highest BCUT2D eigenvalue weighted by molar-refractivity contribution is 5.78. The molecule has 1 rings (SSSR count). The molecule has 1 amide bonds. The van der Waals surface area contributed by atoms with Crippen molar-refractivity contribution in [3.8, 4) is 0 Å². The highest BCUT2D eigenvalue weighted by Crippen LogP contribution is 2.16. The molecule has 1 saturated carbocycles. The molecule has 100 valence electrons. The van der Waals surface area contributed by atoms with E-state index in [1.165, 1.54) is 32.1 Å².